The van der Waals surface area contributed by atoms with E-state index in [1.807, 2.05) is 0 Å². The van der Waals surface area contributed by atoms with Gasteiger partial charge >= 0.3 is 30.3 Å². The molecule has 0 saturated heterocycles. The van der Waals surface area contributed by atoms with Crippen LogP contribution in [0.3, 0.4) is 0 Å². The van der Waals surface area contributed by atoms with Crippen LogP contribution in [-0.2, 0) is 5.67 Å². The maximum Gasteiger partial charge on any atom is 0.573 e. The number of fused-ring (bicyclic) bond motifs is 1. The van der Waals surface area contributed by atoms with Crippen LogP contribution in [0.2, 0.25) is 5.02 Å². The molecule has 3 rings (SSSR count). The lowest BCUT2D eigenvalue weighted by Gasteiger charge is -2.37. The van der Waals surface area contributed by atoms with Gasteiger partial charge in [-0.25, -0.2) is 4.39 Å². The Morgan fingerprint density at radius 2 is 1.40 bits per heavy atom. The van der Waals surface area contributed by atoms with Gasteiger partial charge in [0.2, 0.25) is 0 Å². The van der Waals surface area contributed by atoms with E-state index >= 15 is 0 Å². The summed E-state index contributed by atoms with van der Waals surface area (Å²) in [6, 6.07) is 5.04. The monoisotopic (exact) mass is 543 g/mol. The third-order valence-corrected chi connectivity index (χ3v) is 5.20. The van der Waals surface area contributed by atoms with Gasteiger partial charge in [-0.3, -0.25) is 0 Å². The molecular weight excluding hydrogens is 534 g/mol. The molecule has 0 radical (unpaired) electrons. The zero-order valence-corrected chi connectivity index (χ0v) is 17.4. The number of halogens is 13. The highest BCUT2D eigenvalue weighted by atomic mass is 35.5. The Morgan fingerprint density at radius 3 is 1.94 bits per heavy atom. The summed E-state index contributed by atoms with van der Waals surface area (Å²) in [6.07, 6.45) is -16.8. The number of rotatable bonds is 4. The lowest BCUT2D eigenvalue weighted by Crippen LogP contribution is -2.59. The van der Waals surface area contributed by atoms with Gasteiger partial charge in [0.25, 0.3) is 0 Å². The number of anilines is 2. The lowest BCUT2D eigenvalue weighted by atomic mass is 9.87. The summed E-state index contributed by atoms with van der Waals surface area (Å²) < 4.78 is 164. The number of alkyl halides is 12. The van der Waals surface area contributed by atoms with Gasteiger partial charge in [-0.1, -0.05) is 42.0 Å². The second-order valence-corrected chi connectivity index (χ2v) is 7.56. The van der Waals surface area contributed by atoms with Gasteiger partial charge in [-0.05, 0) is 23.8 Å². The van der Waals surface area contributed by atoms with E-state index in [4.69, 9.17) is 11.6 Å². The quantitative estimate of drug-likeness (QED) is 0.360. The first-order valence-electron chi connectivity index (χ1n) is 9.14. The fraction of sp³-hybridized carbons (Fsp3) is 0.300. The van der Waals surface area contributed by atoms with Gasteiger partial charge in [0.1, 0.15) is 5.69 Å². The molecule has 0 bridgehead atoms. The average molecular weight is 544 g/mol. The Labute approximate surface area is 193 Å². The summed E-state index contributed by atoms with van der Waals surface area (Å²) in [7, 11) is 0. The van der Waals surface area contributed by atoms with E-state index in [1.165, 1.54) is 36.4 Å². The Balaban J connectivity index is 2.33. The minimum absolute atomic E-state index is 0.139. The number of hydrogen-bond acceptors (Lipinski definition) is 2. The van der Waals surface area contributed by atoms with Crippen molar-refractivity contribution in [3.8, 4) is 5.75 Å². The smallest absolute Gasteiger partial charge is 0.403 e. The molecule has 0 spiro atoms. The number of nitrogens with zero attached hydrogens (tertiary/aromatic N) is 1. The molecular formula is C20H10ClF12NO. The second kappa shape index (κ2) is 8.42. The summed E-state index contributed by atoms with van der Waals surface area (Å²) in [6.45, 7) is -0.261. The fourth-order valence-electron chi connectivity index (χ4n) is 3.42. The molecule has 0 N–H and O–H groups in total. The minimum atomic E-state index is -7.11. The number of ether oxygens (including phenoxy) is 1. The average Bonchev–Trinajstić information content (AvgIpc) is 2.69. The maximum absolute atomic E-state index is 14.9. The van der Waals surface area contributed by atoms with Gasteiger partial charge in [0, 0.05) is 17.8 Å². The molecule has 15 heteroatoms. The fourth-order valence-corrected chi connectivity index (χ4v) is 3.74. The summed E-state index contributed by atoms with van der Waals surface area (Å²) in [5.41, 5.74) is -9.37. The molecule has 1 heterocycles. The zero-order valence-electron chi connectivity index (χ0n) is 16.6. The van der Waals surface area contributed by atoms with Crippen molar-refractivity contribution < 1.29 is 57.4 Å². The predicted molar refractivity (Wildman–Crippen MR) is 100 cm³/mol. The first-order chi connectivity index (χ1) is 15.8. The molecule has 192 valence electrons. The Hall–Kier alpha value is -2.77. The summed E-state index contributed by atoms with van der Waals surface area (Å²) in [5, 5.41) is -1.21. The molecule has 0 aliphatic carbocycles. The molecule has 0 amide bonds. The highest BCUT2D eigenvalue weighted by Crippen LogP contribution is 2.60. The van der Waals surface area contributed by atoms with E-state index in [0.717, 1.165) is 4.90 Å². The van der Waals surface area contributed by atoms with E-state index in [9.17, 15) is 52.7 Å². The van der Waals surface area contributed by atoms with Crippen molar-refractivity contribution in [2.24, 2.45) is 0 Å². The molecule has 35 heavy (non-hydrogen) atoms. The van der Waals surface area contributed by atoms with E-state index in [1.54, 1.807) is 0 Å². The van der Waals surface area contributed by atoms with Gasteiger partial charge in [0.05, 0.1) is 5.02 Å². The zero-order chi connectivity index (χ0) is 26.6. The van der Waals surface area contributed by atoms with Crippen molar-refractivity contribution in [3.05, 3.63) is 58.6 Å². The molecule has 1 atom stereocenters. The number of benzene rings is 2. The molecule has 0 aromatic heterocycles. The van der Waals surface area contributed by atoms with Gasteiger partial charge in [0.15, 0.2) is 5.75 Å². The van der Waals surface area contributed by atoms with Gasteiger partial charge in [-0.15, -0.1) is 13.2 Å². The number of hydrogen-bond donors (Lipinski definition) is 0. The summed E-state index contributed by atoms with van der Waals surface area (Å²) in [5.74, 6) is -8.84. The van der Waals surface area contributed by atoms with E-state index in [2.05, 4.69) is 4.74 Å². The Kier molecular flexibility index (Phi) is 6.45. The van der Waals surface area contributed by atoms with Gasteiger partial charge < -0.3 is 9.64 Å². The van der Waals surface area contributed by atoms with Crippen LogP contribution in [0.5, 0.6) is 5.75 Å². The van der Waals surface area contributed by atoms with Crippen LogP contribution in [-0.4, -0.2) is 31.2 Å². The van der Waals surface area contributed by atoms with Crippen LogP contribution in [0.4, 0.5) is 64.1 Å². The van der Waals surface area contributed by atoms with E-state index < -0.39 is 58.4 Å². The standard InChI is InChI=1S/C20H10ClF12NO/c21-12-8-11(16(22,18(25,26)27)17(23,24)19(28,29)30)9-14(35-20(31,32)33)15(12)34-7-3-5-10-4-1-2-6-13(10)34/h1-6,8-9H,7H2. The van der Waals surface area contributed by atoms with Crippen LogP contribution < -0.4 is 9.64 Å². The van der Waals surface area contributed by atoms with Crippen molar-refractivity contribution in [3.63, 3.8) is 0 Å². The SMILES string of the molecule is FC(F)(F)Oc1cc(C(F)(C(F)(F)F)C(F)(F)C(F)(F)F)cc(Cl)c1N1CC=Cc2ccccc21. The van der Waals surface area contributed by atoms with Crippen LogP contribution in [0.25, 0.3) is 6.08 Å². The Morgan fingerprint density at radius 1 is 0.800 bits per heavy atom. The van der Waals surface area contributed by atoms with Crippen molar-refractivity contribution in [1.29, 1.82) is 0 Å². The van der Waals surface area contributed by atoms with Crippen LogP contribution >= 0.6 is 11.6 Å². The van der Waals surface area contributed by atoms with Crippen molar-refractivity contribution in [2.75, 3.05) is 11.4 Å². The number of para-hydroxylation sites is 1. The minimum Gasteiger partial charge on any atom is -0.403 e. The molecule has 2 nitrogen and oxygen atoms in total. The van der Waals surface area contributed by atoms with E-state index in [0.29, 0.717) is 5.56 Å². The largest absolute Gasteiger partial charge is 0.573 e. The third kappa shape index (κ3) is 4.59. The van der Waals surface area contributed by atoms with Crippen LogP contribution in [0, 0.1) is 0 Å². The molecule has 1 aliphatic rings. The van der Waals surface area contributed by atoms with Crippen LogP contribution in [0.1, 0.15) is 11.1 Å². The first-order valence-corrected chi connectivity index (χ1v) is 9.52. The Bertz CT molecular complexity index is 1140. The topological polar surface area (TPSA) is 12.5 Å². The highest BCUT2D eigenvalue weighted by Gasteiger charge is 2.81. The summed E-state index contributed by atoms with van der Waals surface area (Å²) in [4.78, 5) is 0.970. The second-order valence-electron chi connectivity index (χ2n) is 7.15. The first kappa shape index (κ1) is 26.8. The van der Waals surface area contributed by atoms with E-state index in [-0.39, 0.29) is 18.3 Å². The third-order valence-electron chi connectivity index (χ3n) is 4.91. The molecule has 1 aliphatic heterocycles. The van der Waals surface area contributed by atoms with Crippen LogP contribution in [0.15, 0.2) is 42.5 Å². The summed E-state index contributed by atoms with van der Waals surface area (Å²) >= 11 is 5.81. The molecule has 1 unspecified atom stereocenters. The van der Waals surface area contributed by atoms with Crippen molar-refractivity contribution >= 4 is 29.1 Å². The lowest BCUT2D eigenvalue weighted by molar-refractivity contribution is -0.389. The van der Waals surface area contributed by atoms with Crippen molar-refractivity contribution in [1.82, 2.24) is 0 Å². The van der Waals surface area contributed by atoms with Crippen molar-refractivity contribution in [2.45, 2.75) is 30.3 Å². The molecule has 0 fully saturated rings. The molecule has 2 aromatic carbocycles. The molecule has 0 saturated carbocycles. The molecule has 2 aromatic rings. The normalized spacial score (nSPS) is 16.7. The predicted octanol–water partition coefficient (Wildman–Crippen LogP) is 8.33. The maximum atomic E-state index is 14.9. The van der Waals surface area contributed by atoms with Gasteiger partial charge in [-0.2, -0.15) is 35.1 Å². The highest BCUT2D eigenvalue weighted by molar-refractivity contribution is 6.34.